The van der Waals surface area contributed by atoms with E-state index in [9.17, 15) is 9.90 Å². The first-order valence-electron chi connectivity index (χ1n) is 6.52. The highest BCUT2D eigenvalue weighted by molar-refractivity contribution is 9.10. The van der Waals surface area contributed by atoms with Crippen molar-refractivity contribution in [3.63, 3.8) is 0 Å². The van der Waals surface area contributed by atoms with Gasteiger partial charge in [0.25, 0.3) is 0 Å². The minimum atomic E-state index is -0.0926. The Balaban J connectivity index is 1.95. The van der Waals surface area contributed by atoms with Gasteiger partial charge in [0, 0.05) is 17.6 Å². The predicted octanol–water partition coefficient (Wildman–Crippen LogP) is 2.42. The lowest BCUT2D eigenvalue weighted by molar-refractivity contribution is 0.157. The van der Waals surface area contributed by atoms with E-state index < -0.39 is 0 Å². The van der Waals surface area contributed by atoms with Gasteiger partial charge < -0.3 is 15.3 Å². The van der Waals surface area contributed by atoms with E-state index in [2.05, 4.69) is 21.2 Å². The molecule has 1 aromatic carbocycles. The molecule has 1 heterocycles. The van der Waals surface area contributed by atoms with Crippen LogP contribution in [0.3, 0.4) is 0 Å². The zero-order valence-corrected chi connectivity index (χ0v) is 12.6. The maximum absolute atomic E-state index is 12.1. The van der Waals surface area contributed by atoms with Gasteiger partial charge in [-0.3, -0.25) is 0 Å². The van der Waals surface area contributed by atoms with Crippen molar-refractivity contribution in [3.05, 3.63) is 33.8 Å². The van der Waals surface area contributed by atoms with Crippen molar-refractivity contribution in [3.8, 4) is 0 Å². The van der Waals surface area contributed by atoms with E-state index in [0.717, 1.165) is 35.0 Å². The fourth-order valence-corrected chi connectivity index (χ4v) is 2.81. The number of hydrogen-bond acceptors (Lipinski definition) is 2. The number of halogens is 1. The van der Waals surface area contributed by atoms with E-state index >= 15 is 0 Å². The standard InChI is InChI=1S/C14H19BrN2O2/c1-10-4-2-5-11(13(10)15)8-16-14(19)17-7-3-6-12(17)9-18/h2,4-5,12,18H,3,6-9H2,1H3,(H,16,19)/t12-/m1/s1. The third-order valence-corrected chi connectivity index (χ3v) is 4.69. The first-order valence-corrected chi connectivity index (χ1v) is 7.32. The van der Waals surface area contributed by atoms with Crippen molar-refractivity contribution in [2.45, 2.75) is 32.4 Å². The van der Waals surface area contributed by atoms with Crippen LogP contribution < -0.4 is 5.32 Å². The van der Waals surface area contributed by atoms with Gasteiger partial charge in [-0.1, -0.05) is 34.1 Å². The first-order chi connectivity index (χ1) is 9.13. The summed E-state index contributed by atoms with van der Waals surface area (Å²) in [5, 5.41) is 12.1. The van der Waals surface area contributed by atoms with Crippen molar-refractivity contribution < 1.29 is 9.90 Å². The summed E-state index contributed by atoms with van der Waals surface area (Å²) in [5.41, 5.74) is 2.22. The molecule has 104 valence electrons. The molecule has 4 nitrogen and oxygen atoms in total. The van der Waals surface area contributed by atoms with E-state index in [1.54, 1.807) is 4.90 Å². The SMILES string of the molecule is Cc1cccc(CNC(=O)N2CCC[C@@H]2CO)c1Br. The molecule has 1 aliphatic rings. The number of amides is 2. The second-order valence-electron chi connectivity index (χ2n) is 4.88. The van der Waals surface area contributed by atoms with Crippen LogP contribution in [0.5, 0.6) is 0 Å². The Morgan fingerprint density at radius 1 is 1.58 bits per heavy atom. The molecule has 1 atom stereocenters. The molecule has 0 bridgehead atoms. The number of nitrogens with one attached hydrogen (secondary N) is 1. The average molecular weight is 327 g/mol. The van der Waals surface area contributed by atoms with Crippen LogP contribution in [0.4, 0.5) is 4.79 Å². The van der Waals surface area contributed by atoms with E-state index in [0.29, 0.717) is 6.54 Å². The number of aliphatic hydroxyl groups excluding tert-OH is 1. The quantitative estimate of drug-likeness (QED) is 0.896. The van der Waals surface area contributed by atoms with Crippen molar-refractivity contribution in [2.24, 2.45) is 0 Å². The molecule has 0 radical (unpaired) electrons. The van der Waals surface area contributed by atoms with Crippen LogP contribution in [0.25, 0.3) is 0 Å². The maximum atomic E-state index is 12.1. The normalized spacial score (nSPS) is 18.7. The van der Waals surface area contributed by atoms with E-state index in [-0.39, 0.29) is 18.7 Å². The second kappa shape index (κ2) is 6.39. The van der Waals surface area contributed by atoms with Crippen LogP contribution in [0.2, 0.25) is 0 Å². The zero-order chi connectivity index (χ0) is 13.8. The summed E-state index contributed by atoms with van der Waals surface area (Å²) in [6.07, 6.45) is 1.85. The lowest BCUT2D eigenvalue weighted by Gasteiger charge is -2.23. The summed E-state index contributed by atoms with van der Waals surface area (Å²) in [6, 6.07) is 5.88. The Bertz CT molecular complexity index is 465. The molecule has 1 fully saturated rings. The van der Waals surface area contributed by atoms with Crippen molar-refractivity contribution >= 4 is 22.0 Å². The highest BCUT2D eigenvalue weighted by Gasteiger charge is 2.27. The Labute approximate surface area is 121 Å². The number of aryl methyl sites for hydroxylation is 1. The molecule has 1 aliphatic heterocycles. The van der Waals surface area contributed by atoms with Gasteiger partial charge in [0.15, 0.2) is 0 Å². The number of benzene rings is 1. The minimum absolute atomic E-state index is 0.0269. The molecule has 2 amide bonds. The van der Waals surface area contributed by atoms with Gasteiger partial charge in [0.05, 0.1) is 12.6 Å². The molecule has 2 N–H and O–H groups in total. The molecule has 5 heteroatoms. The molecule has 0 spiro atoms. The topological polar surface area (TPSA) is 52.6 Å². The monoisotopic (exact) mass is 326 g/mol. The minimum Gasteiger partial charge on any atom is -0.394 e. The van der Waals surface area contributed by atoms with E-state index in [1.807, 2.05) is 25.1 Å². The summed E-state index contributed by atoms with van der Waals surface area (Å²) in [7, 11) is 0. The third kappa shape index (κ3) is 3.28. The number of likely N-dealkylation sites (tertiary alicyclic amines) is 1. The van der Waals surface area contributed by atoms with Gasteiger partial charge in [-0.25, -0.2) is 4.79 Å². The highest BCUT2D eigenvalue weighted by atomic mass is 79.9. The first kappa shape index (κ1) is 14.3. The fraction of sp³-hybridized carbons (Fsp3) is 0.500. The van der Waals surface area contributed by atoms with E-state index in [1.165, 1.54) is 0 Å². The zero-order valence-electron chi connectivity index (χ0n) is 11.0. The molecular weight excluding hydrogens is 308 g/mol. The second-order valence-corrected chi connectivity index (χ2v) is 5.67. The lowest BCUT2D eigenvalue weighted by atomic mass is 10.1. The van der Waals surface area contributed by atoms with Gasteiger partial charge in [0.2, 0.25) is 0 Å². The predicted molar refractivity (Wildman–Crippen MR) is 77.9 cm³/mol. The van der Waals surface area contributed by atoms with Gasteiger partial charge in [-0.05, 0) is 30.9 Å². The summed E-state index contributed by atoms with van der Waals surface area (Å²) < 4.78 is 1.04. The van der Waals surface area contributed by atoms with Crippen LogP contribution in [0.1, 0.15) is 24.0 Å². The number of aliphatic hydroxyl groups is 1. The molecule has 1 saturated heterocycles. The Hall–Kier alpha value is -1.07. The van der Waals surface area contributed by atoms with Crippen molar-refractivity contribution in [1.82, 2.24) is 10.2 Å². The van der Waals surface area contributed by atoms with Crippen molar-refractivity contribution in [1.29, 1.82) is 0 Å². The molecule has 0 saturated carbocycles. The van der Waals surface area contributed by atoms with Gasteiger partial charge in [-0.15, -0.1) is 0 Å². The Morgan fingerprint density at radius 3 is 3.11 bits per heavy atom. The smallest absolute Gasteiger partial charge is 0.317 e. The van der Waals surface area contributed by atoms with Crippen LogP contribution in [-0.2, 0) is 6.54 Å². The van der Waals surface area contributed by atoms with Gasteiger partial charge in [-0.2, -0.15) is 0 Å². The van der Waals surface area contributed by atoms with Crippen LogP contribution >= 0.6 is 15.9 Å². The number of nitrogens with zero attached hydrogens (tertiary/aromatic N) is 1. The van der Waals surface area contributed by atoms with Crippen LogP contribution in [0, 0.1) is 6.92 Å². The molecule has 0 unspecified atom stereocenters. The third-order valence-electron chi connectivity index (χ3n) is 3.55. The summed E-state index contributed by atoms with van der Waals surface area (Å²) in [6.45, 7) is 3.29. The fourth-order valence-electron chi connectivity index (χ4n) is 2.41. The average Bonchev–Trinajstić information content (AvgIpc) is 2.88. The van der Waals surface area contributed by atoms with Crippen LogP contribution in [-0.4, -0.2) is 35.2 Å². The summed E-state index contributed by atoms with van der Waals surface area (Å²) in [5.74, 6) is 0. The summed E-state index contributed by atoms with van der Waals surface area (Å²) in [4.78, 5) is 13.8. The number of rotatable bonds is 3. The number of urea groups is 1. The van der Waals surface area contributed by atoms with Gasteiger partial charge >= 0.3 is 6.03 Å². The highest BCUT2D eigenvalue weighted by Crippen LogP contribution is 2.21. The molecule has 19 heavy (non-hydrogen) atoms. The maximum Gasteiger partial charge on any atom is 0.317 e. The van der Waals surface area contributed by atoms with E-state index in [4.69, 9.17) is 0 Å². The van der Waals surface area contributed by atoms with Crippen LogP contribution in [0.15, 0.2) is 22.7 Å². The number of hydrogen-bond donors (Lipinski definition) is 2. The summed E-state index contributed by atoms with van der Waals surface area (Å²) >= 11 is 3.53. The molecule has 2 rings (SSSR count). The number of carbonyl (C=O) groups excluding carboxylic acids is 1. The largest absolute Gasteiger partial charge is 0.394 e. The van der Waals surface area contributed by atoms with Gasteiger partial charge in [0.1, 0.15) is 0 Å². The molecular formula is C14H19BrN2O2. The number of carbonyl (C=O) groups is 1. The Morgan fingerprint density at radius 2 is 2.37 bits per heavy atom. The molecule has 0 aliphatic carbocycles. The lowest BCUT2D eigenvalue weighted by Crippen LogP contribution is -2.43. The molecule has 0 aromatic heterocycles. The Kier molecular flexibility index (Phi) is 4.82. The van der Waals surface area contributed by atoms with Crippen molar-refractivity contribution in [2.75, 3.05) is 13.2 Å². The molecule has 1 aromatic rings.